The zero-order valence-corrected chi connectivity index (χ0v) is 7.32. The van der Waals surface area contributed by atoms with Crippen molar-refractivity contribution in [2.24, 2.45) is 0 Å². The van der Waals surface area contributed by atoms with Crippen molar-refractivity contribution in [2.75, 3.05) is 18.5 Å². The minimum atomic E-state index is -0.225. The number of hydrogen-bond acceptors (Lipinski definition) is 4. The minimum Gasteiger partial charge on any atom is -0.357 e. The van der Waals surface area contributed by atoms with Crippen molar-refractivity contribution >= 4 is 5.82 Å². The summed E-state index contributed by atoms with van der Waals surface area (Å²) in [7, 11) is 1.82. The molecule has 1 heterocycles. The third-order valence-corrected chi connectivity index (χ3v) is 1.61. The smallest absolute Gasteiger partial charge is 0.264 e. The van der Waals surface area contributed by atoms with E-state index in [4.69, 9.17) is 5.26 Å². The van der Waals surface area contributed by atoms with Crippen molar-refractivity contribution < 1.29 is 0 Å². The molecule has 1 rings (SSSR count). The summed E-state index contributed by atoms with van der Waals surface area (Å²) in [5.41, 5.74) is -0.225. The fourth-order valence-electron chi connectivity index (χ4n) is 0.882. The largest absolute Gasteiger partial charge is 0.357 e. The van der Waals surface area contributed by atoms with Crippen LogP contribution in [-0.4, -0.2) is 23.8 Å². The van der Waals surface area contributed by atoms with Crippen molar-refractivity contribution in [3.05, 3.63) is 22.5 Å². The van der Waals surface area contributed by atoms with Gasteiger partial charge in [-0.25, -0.2) is 5.10 Å². The molecule has 5 heteroatoms. The van der Waals surface area contributed by atoms with E-state index in [1.807, 2.05) is 13.1 Å². The standard InChI is InChI=1S/C8H10N4O/c1-12(6-2-5-9)7-3-4-8(13)11-10-7/h3-4H,2,6H2,1H3,(H,11,13). The second-order valence-electron chi connectivity index (χ2n) is 2.61. The van der Waals surface area contributed by atoms with Crippen LogP contribution >= 0.6 is 0 Å². The van der Waals surface area contributed by atoms with E-state index in [9.17, 15) is 4.79 Å². The zero-order valence-electron chi connectivity index (χ0n) is 7.32. The van der Waals surface area contributed by atoms with E-state index in [1.165, 1.54) is 6.07 Å². The fourth-order valence-corrected chi connectivity index (χ4v) is 0.882. The van der Waals surface area contributed by atoms with Crippen molar-refractivity contribution in [3.63, 3.8) is 0 Å². The Morgan fingerprint density at radius 3 is 3.00 bits per heavy atom. The van der Waals surface area contributed by atoms with E-state index >= 15 is 0 Å². The summed E-state index contributed by atoms with van der Waals surface area (Å²) in [6.07, 6.45) is 0.442. The lowest BCUT2D eigenvalue weighted by Gasteiger charge is -2.14. The highest BCUT2D eigenvalue weighted by Crippen LogP contribution is 2.03. The van der Waals surface area contributed by atoms with Gasteiger partial charge in [0.25, 0.3) is 5.56 Å². The average Bonchev–Trinajstić information content (AvgIpc) is 2.15. The number of nitriles is 1. The first-order chi connectivity index (χ1) is 6.24. The molecule has 0 radical (unpaired) electrons. The summed E-state index contributed by atoms with van der Waals surface area (Å²) in [6, 6.07) is 5.07. The van der Waals surface area contributed by atoms with Crippen LogP contribution in [0.5, 0.6) is 0 Å². The number of rotatable bonds is 3. The molecule has 68 valence electrons. The Hall–Kier alpha value is -1.83. The monoisotopic (exact) mass is 178 g/mol. The molecule has 0 bridgehead atoms. The molecule has 0 aliphatic rings. The third kappa shape index (κ3) is 2.60. The number of aromatic nitrogens is 2. The van der Waals surface area contributed by atoms with E-state index in [0.29, 0.717) is 18.8 Å². The third-order valence-electron chi connectivity index (χ3n) is 1.61. The summed E-state index contributed by atoms with van der Waals surface area (Å²) in [6.45, 7) is 0.607. The van der Waals surface area contributed by atoms with Crippen molar-refractivity contribution in [1.82, 2.24) is 10.2 Å². The van der Waals surface area contributed by atoms with Gasteiger partial charge < -0.3 is 4.90 Å². The molecule has 0 amide bonds. The second kappa shape index (κ2) is 4.26. The van der Waals surface area contributed by atoms with Crippen LogP contribution in [0.4, 0.5) is 5.82 Å². The second-order valence-corrected chi connectivity index (χ2v) is 2.61. The predicted octanol–water partition coefficient (Wildman–Crippen LogP) is 0.120. The SMILES string of the molecule is CN(CCC#N)c1ccc(=O)[nH]n1. The highest BCUT2D eigenvalue weighted by Gasteiger charge is 2.00. The molecule has 5 nitrogen and oxygen atoms in total. The molecular weight excluding hydrogens is 168 g/mol. The molecule has 1 aromatic rings. The van der Waals surface area contributed by atoms with Crippen LogP contribution in [0.15, 0.2) is 16.9 Å². The van der Waals surface area contributed by atoms with Crippen LogP contribution in [-0.2, 0) is 0 Å². The normalized spacial score (nSPS) is 9.23. The van der Waals surface area contributed by atoms with Gasteiger partial charge >= 0.3 is 0 Å². The topological polar surface area (TPSA) is 72.8 Å². The Morgan fingerprint density at radius 1 is 1.69 bits per heavy atom. The highest BCUT2D eigenvalue weighted by atomic mass is 16.1. The van der Waals surface area contributed by atoms with E-state index in [0.717, 1.165) is 0 Å². The lowest BCUT2D eigenvalue weighted by molar-refractivity contribution is 0.851. The molecule has 1 aromatic heterocycles. The summed E-state index contributed by atoms with van der Waals surface area (Å²) in [5, 5.41) is 14.5. The molecule has 0 fully saturated rings. The van der Waals surface area contributed by atoms with Crippen molar-refractivity contribution in [2.45, 2.75) is 6.42 Å². The van der Waals surface area contributed by atoms with Crippen molar-refractivity contribution in [3.8, 4) is 6.07 Å². The number of aromatic amines is 1. The molecule has 0 atom stereocenters. The van der Waals surface area contributed by atoms with Crippen LogP contribution in [0.2, 0.25) is 0 Å². The lowest BCUT2D eigenvalue weighted by atomic mass is 10.4. The fraction of sp³-hybridized carbons (Fsp3) is 0.375. The Balaban J connectivity index is 2.67. The van der Waals surface area contributed by atoms with Crippen molar-refractivity contribution in [1.29, 1.82) is 5.26 Å². The van der Waals surface area contributed by atoms with Gasteiger partial charge in [-0.2, -0.15) is 10.4 Å². The van der Waals surface area contributed by atoms with Gasteiger partial charge in [-0.1, -0.05) is 0 Å². The minimum absolute atomic E-state index is 0.225. The molecule has 0 unspecified atom stereocenters. The van der Waals surface area contributed by atoms with Gasteiger partial charge in [-0.05, 0) is 6.07 Å². The lowest BCUT2D eigenvalue weighted by Crippen LogP contribution is -2.21. The number of nitrogens with one attached hydrogen (secondary N) is 1. The molecule has 0 saturated carbocycles. The molecule has 0 aliphatic carbocycles. The van der Waals surface area contributed by atoms with Gasteiger partial charge in [0.15, 0.2) is 0 Å². The number of hydrogen-bond donors (Lipinski definition) is 1. The number of anilines is 1. The Morgan fingerprint density at radius 2 is 2.46 bits per heavy atom. The number of H-pyrrole nitrogens is 1. The van der Waals surface area contributed by atoms with Gasteiger partial charge in [0, 0.05) is 19.7 Å². The first kappa shape index (κ1) is 9.26. The molecule has 13 heavy (non-hydrogen) atoms. The maximum Gasteiger partial charge on any atom is 0.264 e. The van der Waals surface area contributed by atoms with Gasteiger partial charge in [0.1, 0.15) is 5.82 Å². The quantitative estimate of drug-likeness (QED) is 0.713. The molecule has 1 N–H and O–H groups in total. The van der Waals surface area contributed by atoms with Crippen LogP contribution in [0.3, 0.4) is 0 Å². The predicted molar refractivity (Wildman–Crippen MR) is 48.4 cm³/mol. The van der Waals surface area contributed by atoms with Gasteiger partial charge in [-0.15, -0.1) is 0 Å². The van der Waals surface area contributed by atoms with E-state index in [1.54, 1.807) is 11.0 Å². The summed E-state index contributed by atoms with van der Waals surface area (Å²) in [4.78, 5) is 12.5. The first-order valence-electron chi connectivity index (χ1n) is 3.88. The zero-order chi connectivity index (χ0) is 9.68. The molecule has 0 aliphatic heterocycles. The highest BCUT2D eigenvalue weighted by molar-refractivity contribution is 5.34. The van der Waals surface area contributed by atoms with Crippen LogP contribution in [0.25, 0.3) is 0 Å². The molecule has 0 spiro atoms. The van der Waals surface area contributed by atoms with E-state index in [-0.39, 0.29) is 5.56 Å². The maximum atomic E-state index is 10.7. The first-order valence-corrected chi connectivity index (χ1v) is 3.88. The van der Waals surface area contributed by atoms with Gasteiger partial charge in [0.05, 0.1) is 12.5 Å². The Bertz CT molecular complexity index is 345. The average molecular weight is 178 g/mol. The van der Waals surface area contributed by atoms with Gasteiger partial charge in [0.2, 0.25) is 0 Å². The van der Waals surface area contributed by atoms with E-state index in [2.05, 4.69) is 10.2 Å². The maximum absolute atomic E-state index is 10.7. The molecule has 0 aromatic carbocycles. The Labute approximate surface area is 75.6 Å². The van der Waals surface area contributed by atoms with Crippen LogP contribution in [0.1, 0.15) is 6.42 Å². The molecular formula is C8H10N4O. The molecule has 0 saturated heterocycles. The summed E-state index contributed by atoms with van der Waals surface area (Å²) < 4.78 is 0. The van der Waals surface area contributed by atoms with Gasteiger partial charge in [-0.3, -0.25) is 4.79 Å². The van der Waals surface area contributed by atoms with Crippen LogP contribution < -0.4 is 10.5 Å². The summed E-state index contributed by atoms with van der Waals surface area (Å²) >= 11 is 0. The summed E-state index contributed by atoms with van der Waals surface area (Å²) in [5.74, 6) is 0.662. The van der Waals surface area contributed by atoms with E-state index < -0.39 is 0 Å². The van der Waals surface area contributed by atoms with Crippen LogP contribution in [0, 0.1) is 11.3 Å². The Kier molecular flexibility index (Phi) is 3.03. The number of nitrogens with zero attached hydrogens (tertiary/aromatic N) is 3.